The number of benzene rings is 1. The fourth-order valence-electron chi connectivity index (χ4n) is 1.97. The highest BCUT2D eigenvalue weighted by Crippen LogP contribution is 2.26. The molecule has 0 spiro atoms. The highest BCUT2D eigenvalue weighted by Gasteiger charge is 2.16. The fourth-order valence-corrected chi connectivity index (χ4v) is 1.97. The minimum Gasteiger partial charge on any atom is -0.496 e. The van der Waals surface area contributed by atoms with E-state index in [-0.39, 0.29) is 17.9 Å². The number of methoxy groups -OCH3 is 2. The molecule has 0 aromatic heterocycles. The minimum absolute atomic E-state index is 0.00995. The molecule has 1 rings (SSSR count). The molecular weight excluding hydrogens is 233 g/mol. The van der Waals surface area contributed by atoms with Gasteiger partial charge in [-0.1, -0.05) is 6.92 Å². The van der Waals surface area contributed by atoms with Crippen LogP contribution in [0.4, 0.5) is 4.39 Å². The van der Waals surface area contributed by atoms with Gasteiger partial charge < -0.3 is 14.8 Å². The van der Waals surface area contributed by atoms with Crippen molar-refractivity contribution in [2.75, 3.05) is 20.8 Å². The van der Waals surface area contributed by atoms with Gasteiger partial charge in [0.25, 0.3) is 0 Å². The van der Waals surface area contributed by atoms with E-state index in [9.17, 15) is 4.39 Å². The molecule has 2 unspecified atom stereocenters. The molecule has 0 bridgehead atoms. The molecule has 1 aromatic carbocycles. The quantitative estimate of drug-likeness (QED) is 0.812. The molecule has 0 saturated heterocycles. The summed E-state index contributed by atoms with van der Waals surface area (Å²) in [6.07, 6.45) is 0.954. The van der Waals surface area contributed by atoms with E-state index in [1.165, 1.54) is 12.1 Å². The van der Waals surface area contributed by atoms with Gasteiger partial charge in [0.1, 0.15) is 11.6 Å². The lowest BCUT2D eigenvalue weighted by atomic mass is 10.1. The summed E-state index contributed by atoms with van der Waals surface area (Å²) in [4.78, 5) is 0. The summed E-state index contributed by atoms with van der Waals surface area (Å²) in [5.41, 5.74) is 0.826. The van der Waals surface area contributed by atoms with Crippen molar-refractivity contribution in [3.63, 3.8) is 0 Å². The Balaban J connectivity index is 2.81. The molecule has 4 heteroatoms. The molecular formula is C14H22FNO2. The molecule has 3 nitrogen and oxygen atoms in total. The van der Waals surface area contributed by atoms with Crippen molar-refractivity contribution in [2.45, 2.75) is 32.4 Å². The Kier molecular flexibility index (Phi) is 6.09. The van der Waals surface area contributed by atoms with Gasteiger partial charge in [-0.05, 0) is 31.5 Å². The number of halogens is 1. The van der Waals surface area contributed by atoms with Crippen LogP contribution in [0.1, 0.15) is 31.9 Å². The average Bonchev–Trinajstić information content (AvgIpc) is 2.38. The molecule has 1 N–H and O–H groups in total. The van der Waals surface area contributed by atoms with Crippen LogP contribution in [-0.4, -0.2) is 26.9 Å². The molecule has 18 heavy (non-hydrogen) atoms. The smallest absolute Gasteiger partial charge is 0.123 e. The topological polar surface area (TPSA) is 30.5 Å². The Morgan fingerprint density at radius 3 is 2.61 bits per heavy atom. The third-order valence-corrected chi connectivity index (χ3v) is 3.00. The first-order valence-corrected chi connectivity index (χ1v) is 6.20. The molecule has 1 aromatic rings. The molecule has 0 heterocycles. The first-order chi connectivity index (χ1) is 8.62. The Morgan fingerprint density at radius 1 is 1.33 bits per heavy atom. The Morgan fingerprint density at radius 2 is 2.06 bits per heavy atom. The van der Waals surface area contributed by atoms with Crippen LogP contribution in [-0.2, 0) is 4.74 Å². The summed E-state index contributed by atoms with van der Waals surface area (Å²) >= 11 is 0. The molecule has 0 aliphatic rings. The van der Waals surface area contributed by atoms with E-state index in [1.807, 2.05) is 6.92 Å². The number of ether oxygens (including phenoxy) is 2. The summed E-state index contributed by atoms with van der Waals surface area (Å²) in [5, 5.41) is 3.41. The summed E-state index contributed by atoms with van der Waals surface area (Å²) in [5.74, 6) is 0.447. The number of rotatable bonds is 7. The van der Waals surface area contributed by atoms with Crippen molar-refractivity contribution in [1.29, 1.82) is 0 Å². The monoisotopic (exact) mass is 255 g/mol. The SMILES string of the molecule is CCC(COC)NC(C)c1cc(F)ccc1OC. The van der Waals surface area contributed by atoms with Crippen molar-refractivity contribution >= 4 is 0 Å². The van der Waals surface area contributed by atoms with Gasteiger partial charge in [-0.25, -0.2) is 4.39 Å². The predicted molar refractivity (Wildman–Crippen MR) is 70.5 cm³/mol. The number of hydrogen-bond acceptors (Lipinski definition) is 3. The lowest BCUT2D eigenvalue weighted by Crippen LogP contribution is -2.34. The largest absolute Gasteiger partial charge is 0.496 e. The number of hydrogen-bond donors (Lipinski definition) is 1. The van der Waals surface area contributed by atoms with Crippen LogP contribution in [0, 0.1) is 5.82 Å². The van der Waals surface area contributed by atoms with Crippen molar-refractivity contribution in [3.05, 3.63) is 29.6 Å². The second-order valence-electron chi connectivity index (χ2n) is 4.34. The zero-order valence-corrected chi connectivity index (χ0v) is 11.5. The second-order valence-corrected chi connectivity index (χ2v) is 4.34. The van der Waals surface area contributed by atoms with E-state index in [2.05, 4.69) is 12.2 Å². The van der Waals surface area contributed by atoms with Gasteiger partial charge in [0.15, 0.2) is 0 Å². The Hall–Kier alpha value is -1.13. The first kappa shape index (κ1) is 14.9. The van der Waals surface area contributed by atoms with E-state index in [0.717, 1.165) is 12.0 Å². The molecule has 0 radical (unpaired) electrons. The zero-order chi connectivity index (χ0) is 13.5. The first-order valence-electron chi connectivity index (χ1n) is 6.20. The van der Waals surface area contributed by atoms with Crippen LogP contribution in [0.15, 0.2) is 18.2 Å². The van der Waals surface area contributed by atoms with E-state index in [4.69, 9.17) is 9.47 Å². The van der Waals surface area contributed by atoms with E-state index >= 15 is 0 Å². The highest BCUT2D eigenvalue weighted by molar-refractivity contribution is 5.36. The van der Waals surface area contributed by atoms with Crippen LogP contribution in [0.3, 0.4) is 0 Å². The van der Waals surface area contributed by atoms with Crippen LogP contribution >= 0.6 is 0 Å². The third-order valence-electron chi connectivity index (χ3n) is 3.00. The normalized spacial score (nSPS) is 14.3. The van der Waals surface area contributed by atoms with Gasteiger partial charge in [-0.3, -0.25) is 0 Å². The molecule has 0 amide bonds. The molecule has 0 fully saturated rings. The van der Waals surface area contributed by atoms with Crippen LogP contribution in [0.5, 0.6) is 5.75 Å². The average molecular weight is 255 g/mol. The van der Waals surface area contributed by atoms with Gasteiger partial charge in [-0.2, -0.15) is 0 Å². The van der Waals surface area contributed by atoms with Gasteiger partial charge in [0.05, 0.1) is 13.7 Å². The maximum absolute atomic E-state index is 13.3. The van der Waals surface area contributed by atoms with Crippen molar-refractivity contribution in [3.8, 4) is 5.75 Å². The van der Waals surface area contributed by atoms with Crippen molar-refractivity contribution in [1.82, 2.24) is 5.32 Å². The van der Waals surface area contributed by atoms with E-state index in [0.29, 0.717) is 12.4 Å². The summed E-state index contributed by atoms with van der Waals surface area (Å²) < 4.78 is 23.7. The summed E-state index contributed by atoms with van der Waals surface area (Å²) in [7, 11) is 3.27. The second kappa shape index (κ2) is 7.34. The third kappa shape index (κ3) is 3.96. The molecule has 0 aliphatic heterocycles. The van der Waals surface area contributed by atoms with Crippen molar-refractivity contribution in [2.24, 2.45) is 0 Å². The standard InChI is InChI=1S/C14H22FNO2/c1-5-12(9-17-3)16-10(2)13-8-11(15)6-7-14(13)18-4/h6-8,10,12,16H,5,9H2,1-4H3. The Bertz CT molecular complexity index is 371. The highest BCUT2D eigenvalue weighted by atomic mass is 19.1. The maximum Gasteiger partial charge on any atom is 0.123 e. The molecule has 102 valence electrons. The fraction of sp³-hybridized carbons (Fsp3) is 0.571. The van der Waals surface area contributed by atoms with Crippen molar-refractivity contribution < 1.29 is 13.9 Å². The molecule has 2 atom stereocenters. The Labute approximate surface area is 108 Å². The minimum atomic E-state index is -0.251. The van der Waals surface area contributed by atoms with Gasteiger partial charge in [0, 0.05) is 24.8 Å². The van der Waals surface area contributed by atoms with Gasteiger partial charge in [-0.15, -0.1) is 0 Å². The summed E-state index contributed by atoms with van der Waals surface area (Å²) in [6.45, 7) is 4.72. The van der Waals surface area contributed by atoms with E-state index in [1.54, 1.807) is 20.3 Å². The molecule has 0 aliphatic carbocycles. The predicted octanol–water partition coefficient (Wildman–Crippen LogP) is 2.91. The zero-order valence-electron chi connectivity index (χ0n) is 11.5. The maximum atomic E-state index is 13.3. The lowest BCUT2D eigenvalue weighted by molar-refractivity contribution is 0.159. The van der Waals surface area contributed by atoms with Crippen LogP contribution in [0.2, 0.25) is 0 Å². The van der Waals surface area contributed by atoms with E-state index < -0.39 is 0 Å². The van der Waals surface area contributed by atoms with Crippen LogP contribution in [0.25, 0.3) is 0 Å². The molecule has 0 saturated carbocycles. The number of nitrogens with one attached hydrogen (secondary N) is 1. The van der Waals surface area contributed by atoms with Gasteiger partial charge >= 0.3 is 0 Å². The lowest BCUT2D eigenvalue weighted by Gasteiger charge is -2.23. The van der Waals surface area contributed by atoms with Gasteiger partial charge in [0.2, 0.25) is 0 Å². The van der Waals surface area contributed by atoms with Crippen LogP contribution < -0.4 is 10.1 Å². The summed E-state index contributed by atoms with van der Waals surface area (Å²) in [6, 6.07) is 4.83.